The fourth-order valence-electron chi connectivity index (χ4n) is 4.95. The summed E-state index contributed by atoms with van der Waals surface area (Å²) >= 11 is 0. The zero-order chi connectivity index (χ0) is 19.5. The zero-order valence-corrected chi connectivity index (χ0v) is 15.8. The minimum absolute atomic E-state index is 0.194. The largest absolute Gasteiger partial charge is 0.384 e. The first kappa shape index (κ1) is 17.8. The Kier molecular flexibility index (Phi) is 4.03. The second kappa shape index (κ2) is 6.36. The maximum Gasteiger partial charge on any atom is 0.150 e. The van der Waals surface area contributed by atoms with Crippen LogP contribution in [0.5, 0.6) is 0 Å². The second-order valence-corrected chi connectivity index (χ2v) is 8.28. The number of rotatable bonds is 3. The smallest absolute Gasteiger partial charge is 0.150 e. The average molecular weight is 383 g/mol. The van der Waals surface area contributed by atoms with Crippen molar-refractivity contribution in [2.75, 3.05) is 6.54 Å². The van der Waals surface area contributed by atoms with Crippen molar-refractivity contribution in [2.24, 2.45) is 0 Å². The molecular weight excluding hydrogens is 360 g/mol. The highest BCUT2D eigenvalue weighted by Gasteiger charge is 2.36. The molecular formula is C22H23F2N3O. The lowest BCUT2D eigenvalue weighted by Crippen LogP contribution is -2.37. The number of fused-ring (bicyclic) bond motifs is 4. The summed E-state index contributed by atoms with van der Waals surface area (Å²) < 4.78 is 30.8. The molecule has 2 unspecified atom stereocenters. The molecule has 2 aliphatic heterocycles. The van der Waals surface area contributed by atoms with Crippen LogP contribution in [-0.2, 0) is 25.1 Å². The molecule has 0 amide bonds. The van der Waals surface area contributed by atoms with E-state index in [1.807, 2.05) is 10.6 Å². The van der Waals surface area contributed by atoms with Crippen LogP contribution in [0, 0.1) is 11.6 Å². The van der Waals surface area contributed by atoms with Gasteiger partial charge in [0.1, 0.15) is 17.2 Å². The van der Waals surface area contributed by atoms with Crippen molar-refractivity contribution in [1.82, 2.24) is 14.5 Å². The third kappa shape index (κ3) is 2.74. The van der Waals surface area contributed by atoms with Crippen LogP contribution in [0.25, 0.3) is 10.9 Å². The van der Waals surface area contributed by atoms with Crippen molar-refractivity contribution >= 4 is 10.9 Å². The van der Waals surface area contributed by atoms with Crippen molar-refractivity contribution < 1.29 is 13.9 Å². The number of aromatic nitrogens is 2. The van der Waals surface area contributed by atoms with Crippen molar-refractivity contribution in [2.45, 2.75) is 50.9 Å². The molecule has 2 aromatic heterocycles. The molecule has 1 aromatic carbocycles. The monoisotopic (exact) mass is 383 g/mol. The van der Waals surface area contributed by atoms with Crippen LogP contribution >= 0.6 is 0 Å². The molecule has 0 saturated carbocycles. The standard InChI is InChI=1S/C22H23F2N3O/c1-22(28,14-4-2-6-25-11-14)13-27-20-10-16-5-3-7-26(16)12-18(20)17-8-15(23)9-19(24)21(17)27/h2,4,6,8-9,11,16,28H,3,5,7,10,12-13H2,1H3. The van der Waals surface area contributed by atoms with Crippen LogP contribution in [-0.4, -0.2) is 32.1 Å². The van der Waals surface area contributed by atoms with E-state index < -0.39 is 17.2 Å². The number of hydrogen-bond acceptors (Lipinski definition) is 3. The van der Waals surface area contributed by atoms with Crippen LogP contribution < -0.4 is 0 Å². The van der Waals surface area contributed by atoms with E-state index in [1.165, 1.54) is 6.07 Å². The lowest BCUT2D eigenvalue weighted by atomic mass is 9.96. The van der Waals surface area contributed by atoms with E-state index in [0.29, 0.717) is 29.1 Å². The molecule has 0 bridgehead atoms. The van der Waals surface area contributed by atoms with Crippen LogP contribution in [0.2, 0.25) is 0 Å². The Morgan fingerprint density at radius 1 is 1.32 bits per heavy atom. The van der Waals surface area contributed by atoms with Gasteiger partial charge in [0.05, 0.1) is 12.1 Å². The molecule has 2 aliphatic rings. The first-order valence-electron chi connectivity index (χ1n) is 9.80. The highest BCUT2D eigenvalue weighted by atomic mass is 19.1. The van der Waals surface area contributed by atoms with E-state index in [9.17, 15) is 13.9 Å². The molecule has 28 heavy (non-hydrogen) atoms. The predicted octanol–water partition coefficient (Wildman–Crippen LogP) is 3.74. The van der Waals surface area contributed by atoms with Gasteiger partial charge < -0.3 is 9.67 Å². The van der Waals surface area contributed by atoms with Gasteiger partial charge in [-0.1, -0.05) is 6.07 Å². The van der Waals surface area contributed by atoms with Gasteiger partial charge in [-0.2, -0.15) is 0 Å². The average Bonchev–Trinajstić information content (AvgIpc) is 3.23. The fraction of sp³-hybridized carbons (Fsp3) is 0.409. The fourth-order valence-corrected chi connectivity index (χ4v) is 4.95. The third-order valence-corrected chi connectivity index (χ3v) is 6.34. The number of pyridine rings is 1. The van der Waals surface area contributed by atoms with Gasteiger partial charge in [-0.05, 0) is 44.0 Å². The Morgan fingerprint density at radius 3 is 2.96 bits per heavy atom. The summed E-state index contributed by atoms with van der Waals surface area (Å²) in [4.78, 5) is 6.51. The quantitative estimate of drug-likeness (QED) is 0.749. The number of nitrogens with zero attached hydrogens (tertiary/aromatic N) is 3. The van der Waals surface area contributed by atoms with E-state index in [0.717, 1.165) is 43.1 Å². The van der Waals surface area contributed by atoms with Crippen molar-refractivity contribution in [1.29, 1.82) is 0 Å². The first-order chi connectivity index (χ1) is 13.4. The van der Waals surface area contributed by atoms with E-state index in [-0.39, 0.29) is 6.54 Å². The van der Waals surface area contributed by atoms with E-state index >= 15 is 0 Å². The summed E-state index contributed by atoms with van der Waals surface area (Å²) in [6, 6.07) is 6.40. The first-order valence-corrected chi connectivity index (χ1v) is 9.80. The van der Waals surface area contributed by atoms with Crippen LogP contribution in [0.3, 0.4) is 0 Å². The summed E-state index contributed by atoms with van der Waals surface area (Å²) in [7, 11) is 0. The molecule has 0 aliphatic carbocycles. The van der Waals surface area contributed by atoms with Gasteiger partial charge in [0.15, 0.2) is 0 Å². The summed E-state index contributed by atoms with van der Waals surface area (Å²) in [5.41, 5.74) is 1.85. The number of halogens is 2. The van der Waals surface area contributed by atoms with Crippen molar-refractivity contribution in [3.8, 4) is 0 Å². The van der Waals surface area contributed by atoms with Gasteiger partial charge in [-0.25, -0.2) is 8.78 Å². The second-order valence-electron chi connectivity index (χ2n) is 8.28. The normalized spacial score (nSPS) is 21.5. The summed E-state index contributed by atoms with van der Waals surface area (Å²) in [5.74, 6) is -1.14. The molecule has 0 spiro atoms. The molecule has 1 fully saturated rings. The lowest BCUT2D eigenvalue weighted by Gasteiger charge is -2.32. The molecule has 4 nitrogen and oxygen atoms in total. The number of aliphatic hydroxyl groups is 1. The Labute approximate surface area is 162 Å². The molecule has 146 valence electrons. The third-order valence-electron chi connectivity index (χ3n) is 6.34. The molecule has 1 saturated heterocycles. The highest BCUT2D eigenvalue weighted by molar-refractivity contribution is 5.86. The topological polar surface area (TPSA) is 41.3 Å². The molecule has 0 radical (unpaired) electrons. The minimum Gasteiger partial charge on any atom is -0.384 e. The zero-order valence-electron chi connectivity index (χ0n) is 15.8. The summed E-state index contributed by atoms with van der Waals surface area (Å²) in [5, 5.41) is 11.8. The molecule has 4 heterocycles. The molecule has 6 heteroatoms. The van der Waals surface area contributed by atoms with Gasteiger partial charge in [-0.3, -0.25) is 9.88 Å². The van der Waals surface area contributed by atoms with E-state index in [2.05, 4.69) is 9.88 Å². The lowest BCUT2D eigenvalue weighted by molar-refractivity contribution is 0.0377. The van der Waals surface area contributed by atoms with Crippen LogP contribution in [0.4, 0.5) is 8.78 Å². The van der Waals surface area contributed by atoms with Crippen molar-refractivity contribution in [3.05, 3.63) is 65.1 Å². The molecule has 5 rings (SSSR count). The summed E-state index contributed by atoms with van der Waals surface area (Å²) in [6.45, 7) is 3.65. The van der Waals surface area contributed by atoms with Gasteiger partial charge >= 0.3 is 0 Å². The SMILES string of the molecule is CC(O)(Cn1c2c(c3cc(F)cc(F)c31)CN1CCCC1C2)c1cccnc1. The van der Waals surface area contributed by atoms with Crippen molar-refractivity contribution in [3.63, 3.8) is 0 Å². The van der Waals surface area contributed by atoms with E-state index in [4.69, 9.17) is 0 Å². The van der Waals surface area contributed by atoms with Crippen LogP contribution in [0.15, 0.2) is 36.7 Å². The Morgan fingerprint density at radius 2 is 2.18 bits per heavy atom. The Balaban J connectivity index is 1.68. The number of benzene rings is 1. The highest BCUT2D eigenvalue weighted by Crippen LogP contribution is 2.39. The minimum atomic E-state index is -1.22. The van der Waals surface area contributed by atoms with Gasteiger partial charge in [-0.15, -0.1) is 0 Å². The predicted molar refractivity (Wildman–Crippen MR) is 103 cm³/mol. The van der Waals surface area contributed by atoms with Gasteiger partial charge in [0.25, 0.3) is 0 Å². The molecule has 1 N–H and O–H groups in total. The number of hydrogen-bond donors (Lipinski definition) is 1. The molecule has 3 aromatic rings. The van der Waals surface area contributed by atoms with Gasteiger partial charge in [0.2, 0.25) is 0 Å². The summed E-state index contributed by atoms with van der Waals surface area (Å²) in [6.07, 6.45) is 6.37. The Bertz CT molecular complexity index is 1050. The van der Waals surface area contributed by atoms with E-state index in [1.54, 1.807) is 25.4 Å². The Hall–Kier alpha value is -2.31. The maximum absolute atomic E-state index is 14.9. The van der Waals surface area contributed by atoms with Gasteiger partial charge in [0, 0.05) is 54.1 Å². The maximum atomic E-state index is 14.9. The van der Waals surface area contributed by atoms with Crippen LogP contribution in [0.1, 0.15) is 36.6 Å². The molecule has 2 atom stereocenters.